The quantitative estimate of drug-likeness (QED) is 0.720. The molecule has 1 aromatic heterocycles. The highest BCUT2D eigenvalue weighted by molar-refractivity contribution is 5.76. The Morgan fingerprint density at radius 2 is 2.06 bits per heavy atom. The summed E-state index contributed by atoms with van der Waals surface area (Å²) < 4.78 is 4.32. The Balaban J connectivity index is 2.71. The first-order valence-corrected chi connectivity index (χ1v) is 5.62. The number of fused-ring (bicyclic) bond motifs is 1. The summed E-state index contributed by atoms with van der Waals surface area (Å²) in [5, 5.41) is 0. The smallest absolute Gasteiger partial charge is 0.254 e. The lowest BCUT2D eigenvalue weighted by atomic mass is 10.3. The lowest BCUT2D eigenvalue weighted by Gasteiger charge is -1.96. The van der Waals surface area contributed by atoms with Crippen LogP contribution in [0, 0.1) is 6.92 Å². The highest BCUT2D eigenvalue weighted by atomic mass is 16.1. The molecule has 2 rings (SSSR count). The topological polar surface area (TPSA) is 25.9 Å². The molecule has 3 heteroatoms. The lowest BCUT2D eigenvalue weighted by molar-refractivity contribution is -0.665. The average Bonchev–Trinajstić information content (AvgIpc) is 2.52. The van der Waals surface area contributed by atoms with Crippen molar-refractivity contribution in [2.24, 2.45) is 0 Å². The molecule has 0 saturated carbocycles. The Labute approximate surface area is 95.3 Å². The molecule has 0 aliphatic heterocycles. The minimum Gasteiger partial charge on any atom is -0.296 e. The molecule has 1 aromatic carbocycles. The van der Waals surface area contributed by atoms with E-state index in [-0.39, 0.29) is 5.78 Å². The van der Waals surface area contributed by atoms with Crippen LogP contribution >= 0.6 is 0 Å². The first-order valence-electron chi connectivity index (χ1n) is 5.62. The molecule has 84 valence electrons. The molecule has 0 unspecified atom stereocenters. The van der Waals surface area contributed by atoms with Crippen LogP contribution in [0.4, 0.5) is 0 Å². The van der Waals surface area contributed by atoms with Gasteiger partial charge in [-0.25, -0.2) is 9.13 Å². The van der Waals surface area contributed by atoms with Crippen molar-refractivity contribution in [1.29, 1.82) is 0 Å². The monoisotopic (exact) mass is 217 g/mol. The molecule has 0 aliphatic carbocycles. The van der Waals surface area contributed by atoms with Gasteiger partial charge in [0.1, 0.15) is 6.54 Å². The minimum absolute atomic E-state index is 0.187. The second-order valence-corrected chi connectivity index (χ2v) is 4.07. The van der Waals surface area contributed by atoms with Crippen molar-refractivity contribution in [2.75, 3.05) is 0 Å². The van der Waals surface area contributed by atoms with Gasteiger partial charge >= 0.3 is 0 Å². The van der Waals surface area contributed by atoms with Crippen molar-refractivity contribution in [1.82, 2.24) is 4.57 Å². The van der Waals surface area contributed by atoms with Gasteiger partial charge in [0.2, 0.25) is 0 Å². The molecule has 0 bridgehead atoms. The Bertz CT molecular complexity index is 540. The Morgan fingerprint density at radius 1 is 1.38 bits per heavy atom. The van der Waals surface area contributed by atoms with Gasteiger partial charge in [-0.3, -0.25) is 4.79 Å². The van der Waals surface area contributed by atoms with Gasteiger partial charge in [0.25, 0.3) is 5.82 Å². The number of imidazole rings is 1. The van der Waals surface area contributed by atoms with E-state index in [1.165, 1.54) is 5.52 Å². The Kier molecular flexibility index (Phi) is 2.77. The van der Waals surface area contributed by atoms with Crippen LogP contribution < -0.4 is 4.57 Å². The van der Waals surface area contributed by atoms with Crippen LogP contribution in [0.5, 0.6) is 0 Å². The summed E-state index contributed by atoms with van der Waals surface area (Å²) in [6, 6.07) is 8.21. The summed E-state index contributed by atoms with van der Waals surface area (Å²) in [5.74, 6) is 1.33. The van der Waals surface area contributed by atoms with Gasteiger partial charge in [0.05, 0.1) is 6.54 Å². The normalized spacial score (nSPS) is 10.9. The van der Waals surface area contributed by atoms with Crippen molar-refractivity contribution in [3.63, 3.8) is 0 Å². The molecule has 0 aliphatic rings. The average molecular weight is 217 g/mol. The maximum Gasteiger partial charge on any atom is 0.254 e. The minimum atomic E-state index is 0.187. The second kappa shape index (κ2) is 4.08. The van der Waals surface area contributed by atoms with E-state index in [0.717, 1.165) is 17.9 Å². The molecule has 0 fully saturated rings. The van der Waals surface area contributed by atoms with E-state index >= 15 is 0 Å². The summed E-state index contributed by atoms with van der Waals surface area (Å²) in [4.78, 5) is 11.3. The van der Waals surface area contributed by atoms with E-state index in [2.05, 4.69) is 35.1 Å². The fourth-order valence-corrected chi connectivity index (χ4v) is 2.24. The Morgan fingerprint density at radius 3 is 2.69 bits per heavy atom. The number of aryl methyl sites for hydroxylation is 1. The van der Waals surface area contributed by atoms with E-state index in [9.17, 15) is 4.79 Å². The number of carbonyl (C=O) groups excluding carboxylic acids is 1. The van der Waals surface area contributed by atoms with E-state index in [4.69, 9.17) is 0 Å². The number of rotatable bonds is 3. The molecular formula is C13H17N2O+. The number of Topliss-reactive ketones (excluding diaryl/α,β-unsaturated/α-hetero) is 1. The van der Waals surface area contributed by atoms with Crippen LogP contribution in [0.25, 0.3) is 11.0 Å². The van der Waals surface area contributed by atoms with Gasteiger partial charge in [-0.2, -0.15) is 0 Å². The molecule has 0 N–H and O–H groups in total. The molecule has 16 heavy (non-hydrogen) atoms. The predicted octanol–water partition coefficient (Wildman–Crippen LogP) is 1.85. The van der Waals surface area contributed by atoms with Crippen LogP contribution in [0.15, 0.2) is 24.3 Å². The SMILES string of the molecule is CCn1c(C)[n+](CC(C)=O)c2ccccc21. The summed E-state index contributed by atoms with van der Waals surface area (Å²) in [5.41, 5.74) is 2.33. The number of hydrogen-bond donors (Lipinski definition) is 0. The highest BCUT2D eigenvalue weighted by Crippen LogP contribution is 2.13. The third kappa shape index (κ3) is 1.62. The largest absolute Gasteiger partial charge is 0.296 e. The third-order valence-corrected chi connectivity index (χ3v) is 2.94. The van der Waals surface area contributed by atoms with Crippen molar-refractivity contribution < 1.29 is 9.36 Å². The standard InChI is InChI=1S/C13H17N2O/c1-4-14-11(3)15(9-10(2)16)13-8-6-5-7-12(13)14/h5-8H,4,9H2,1-3H3/q+1. The van der Waals surface area contributed by atoms with E-state index in [0.29, 0.717) is 6.54 Å². The molecule has 0 amide bonds. The first-order chi connectivity index (χ1) is 7.65. The van der Waals surface area contributed by atoms with Crippen molar-refractivity contribution in [2.45, 2.75) is 33.9 Å². The van der Waals surface area contributed by atoms with Gasteiger partial charge in [-0.05, 0) is 26.0 Å². The maximum absolute atomic E-state index is 11.3. The van der Waals surface area contributed by atoms with Gasteiger partial charge < -0.3 is 0 Å². The summed E-state index contributed by atoms with van der Waals surface area (Å²) in [6.45, 7) is 7.20. The van der Waals surface area contributed by atoms with Gasteiger partial charge in [-0.1, -0.05) is 12.1 Å². The number of aromatic nitrogens is 2. The molecule has 3 nitrogen and oxygen atoms in total. The zero-order valence-electron chi connectivity index (χ0n) is 10.0. The molecule has 0 saturated heterocycles. The maximum atomic E-state index is 11.3. The zero-order chi connectivity index (χ0) is 11.7. The summed E-state index contributed by atoms with van der Waals surface area (Å²) in [7, 11) is 0. The molecular weight excluding hydrogens is 200 g/mol. The first kappa shape index (κ1) is 10.9. The fourth-order valence-electron chi connectivity index (χ4n) is 2.24. The highest BCUT2D eigenvalue weighted by Gasteiger charge is 2.20. The number of benzene rings is 1. The number of carbonyl (C=O) groups is 1. The van der Waals surface area contributed by atoms with Crippen LogP contribution in [-0.4, -0.2) is 10.4 Å². The van der Waals surface area contributed by atoms with E-state index in [1.807, 2.05) is 12.1 Å². The summed E-state index contributed by atoms with van der Waals surface area (Å²) in [6.07, 6.45) is 0. The van der Waals surface area contributed by atoms with E-state index < -0.39 is 0 Å². The second-order valence-electron chi connectivity index (χ2n) is 4.07. The van der Waals surface area contributed by atoms with Gasteiger partial charge in [0.15, 0.2) is 16.8 Å². The molecule has 0 spiro atoms. The molecule has 0 radical (unpaired) electrons. The van der Waals surface area contributed by atoms with Crippen molar-refractivity contribution >= 4 is 16.8 Å². The van der Waals surface area contributed by atoms with Gasteiger partial charge in [0, 0.05) is 6.92 Å². The van der Waals surface area contributed by atoms with Crippen LogP contribution in [-0.2, 0) is 17.9 Å². The number of hydrogen-bond acceptors (Lipinski definition) is 1. The zero-order valence-corrected chi connectivity index (χ0v) is 10.0. The molecule has 1 heterocycles. The Hall–Kier alpha value is -1.64. The molecule has 0 atom stereocenters. The van der Waals surface area contributed by atoms with Crippen LogP contribution in [0.1, 0.15) is 19.7 Å². The number of para-hydroxylation sites is 2. The predicted molar refractivity (Wildman–Crippen MR) is 63.2 cm³/mol. The fraction of sp³-hybridized carbons (Fsp3) is 0.385. The number of nitrogens with zero attached hydrogens (tertiary/aromatic N) is 2. The van der Waals surface area contributed by atoms with Crippen molar-refractivity contribution in [3.8, 4) is 0 Å². The van der Waals surface area contributed by atoms with Gasteiger partial charge in [-0.15, -0.1) is 0 Å². The molecule has 2 aromatic rings. The lowest BCUT2D eigenvalue weighted by Crippen LogP contribution is -2.39. The van der Waals surface area contributed by atoms with Crippen LogP contribution in [0.2, 0.25) is 0 Å². The van der Waals surface area contributed by atoms with Crippen LogP contribution in [0.3, 0.4) is 0 Å². The number of ketones is 1. The summed E-state index contributed by atoms with van der Waals surface area (Å²) >= 11 is 0. The van der Waals surface area contributed by atoms with Crippen molar-refractivity contribution in [3.05, 3.63) is 30.1 Å². The third-order valence-electron chi connectivity index (χ3n) is 2.94. The van der Waals surface area contributed by atoms with E-state index in [1.54, 1.807) is 6.92 Å².